The van der Waals surface area contributed by atoms with Gasteiger partial charge < -0.3 is 10.2 Å². The van der Waals surface area contributed by atoms with Crippen LogP contribution in [0.5, 0.6) is 0 Å². The summed E-state index contributed by atoms with van der Waals surface area (Å²) >= 11 is 0. The van der Waals surface area contributed by atoms with Crippen LogP contribution in [0.3, 0.4) is 0 Å². The number of rotatable bonds is 2. The van der Waals surface area contributed by atoms with Crippen molar-refractivity contribution in [3.8, 4) is 0 Å². The molecule has 0 aromatic carbocycles. The van der Waals surface area contributed by atoms with E-state index in [1.54, 1.807) is 0 Å². The molecule has 0 aromatic rings. The van der Waals surface area contributed by atoms with Crippen molar-refractivity contribution in [1.82, 2.24) is 10.2 Å². The highest BCUT2D eigenvalue weighted by Crippen LogP contribution is 2.10. The third kappa shape index (κ3) is 2.56. The maximum Gasteiger partial charge on any atom is 0.239 e. The standard InChI is InChI=1S/C10H18N2O/c1-8-4-6-12(7-5-8)10(13)9(2)11-3/h4,9,11H,5-7H2,1-3H3/t9-/m0/s1. The number of carbonyl (C=O) groups is 1. The van der Waals surface area contributed by atoms with Crippen LogP contribution in [0.25, 0.3) is 0 Å². The summed E-state index contributed by atoms with van der Waals surface area (Å²) in [4.78, 5) is 13.6. The van der Waals surface area contributed by atoms with E-state index in [0.717, 1.165) is 19.5 Å². The third-order valence-corrected chi connectivity index (χ3v) is 2.55. The highest BCUT2D eigenvalue weighted by atomic mass is 16.2. The molecule has 0 unspecified atom stereocenters. The maximum atomic E-state index is 11.7. The number of nitrogens with zero attached hydrogens (tertiary/aromatic N) is 1. The van der Waals surface area contributed by atoms with Gasteiger partial charge in [0.15, 0.2) is 0 Å². The molecule has 0 radical (unpaired) electrons. The Morgan fingerprint density at radius 2 is 2.38 bits per heavy atom. The molecule has 0 aromatic heterocycles. The van der Waals surface area contributed by atoms with Crippen LogP contribution in [0.1, 0.15) is 20.3 Å². The molecule has 0 spiro atoms. The van der Waals surface area contributed by atoms with E-state index < -0.39 is 0 Å². The van der Waals surface area contributed by atoms with Crippen LogP contribution in [0.4, 0.5) is 0 Å². The minimum Gasteiger partial charge on any atom is -0.337 e. The van der Waals surface area contributed by atoms with Crippen molar-refractivity contribution in [2.24, 2.45) is 0 Å². The first-order valence-corrected chi connectivity index (χ1v) is 4.77. The van der Waals surface area contributed by atoms with Gasteiger partial charge in [0.2, 0.25) is 5.91 Å². The number of carbonyl (C=O) groups excluding carboxylic acids is 1. The normalized spacial score (nSPS) is 19.6. The van der Waals surface area contributed by atoms with Gasteiger partial charge in [-0.1, -0.05) is 11.6 Å². The molecule has 0 saturated heterocycles. The zero-order valence-corrected chi connectivity index (χ0v) is 8.63. The number of likely N-dealkylation sites (N-methyl/N-ethyl adjacent to an activating group) is 1. The Labute approximate surface area is 79.8 Å². The monoisotopic (exact) mass is 182 g/mol. The van der Waals surface area contributed by atoms with Crippen LogP contribution >= 0.6 is 0 Å². The Morgan fingerprint density at radius 3 is 2.85 bits per heavy atom. The van der Waals surface area contributed by atoms with Gasteiger partial charge >= 0.3 is 0 Å². The molecule has 1 atom stereocenters. The molecule has 1 N–H and O–H groups in total. The highest BCUT2D eigenvalue weighted by Gasteiger charge is 2.19. The molecule has 1 aliphatic heterocycles. The van der Waals surface area contributed by atoms with Crippen LogP contribution in [0, 0.1) is 0 Å². The van der Waals surface area contributed by atoms with Gasteiger partial charge in [0, 0.05) is 13.1 Å². The minimum absolute atomic E-state index is 0.0631. The fourth-order valence-electron chi connectivity index (χ4n) is 1.37. The van der Waals surface area contributed by atoms with Gasteiger partial charge in [-0.15, -0.1) is 0 Å². The molecule has 1 rings (SSSR count). The van der Waals surface area contributed by atoms with Gasteiger partial charge in [-0.3, -0.25) is 4.79 Å². The average Bonchev–Trinajstić information content (AvgIpc) is 2.17. The SMILES string of the molecule is CN[C@@H](C)C(=O)N1CC=C(C)CC1. The molecule has 0 fully saturated rings. The highest BCUT2D eigenvalue weighted by molar-refractivity contribution is 5.81. The zero-order chi connectivity index (χ0) is 9.84. The predicted octanol–water partition coefficient (Wildman–Crippen LogP) is 0.773. The van der Waals surface area contributed by atoms with E-state index in [2.05, 4.69) is 18.3 Å². The van der Waals surface area contributed by atoms with Crippen molar-refractivity contribution >= 4 is 5.91 Å². The number of amides is 1. The van der Waals surface area contributed by atoms with Crippen LogP contribution in [-0.2, 0) is 4.79 Å². The maximum absolute atomic E-state index is 11.7. The summed E-state index contributed by atoms with van der Waals surface area (Å²) in [5.41, 5.74) is 1.39. The van der Waals surface area contributed by atoms with Crippen molar-refractivity contribution < 1.29 is 4.79 Å². The van der Waals surface area contributed by atoms with Crippen molar-refractivity contribution in [1.29, 1.82) is 0 Å². The molecular weight excluding hydrogens is 164 g/mol. The predicted molar refractivity (Wildman–Crippen MR) is 53.5 cm³/mol. The van der Waals surface area contributed by atoms with E-state index in [1.165, 1.54) is 5.57 Å². The van der Waals surface area contributed by atoms with Crippen molar-refractivity contribution in [2.45, 2.75) is 26.3 Å². The first kappa shape index (κ1) is 10.3. The van der Waals surface area contributed by atoms with Crippen LogP contribution in [0.15, 0.2) is 11.6 Å². The molecule has 74 valence electrons. The molecular formula is C10H18N2O. The summed E-state index contributed by atoms with van der Waals surface area (Å²) in [6, 6.07) is -0.0631. The summed E-state index contributed by atoms with van der Waals surface area (Å²) in [5, 5.41) is 2.96. The van der Waals surface area contributed by atoms with Gasteiger partial charge in [0.25, 0.3) is 0 Å². The quantitative estimate of drug-likeness (QED) is 0.640. The van der Waals surface area contributed by atoms with Gasteiger partial charge in [0.05, 0.1) is 6.04 Å². The lowest BCUT2D eigenvalue weighted by molar-refractivity contribution is -0.132. The van der Waals surface area contributed by atoms with Gasteiger partial charge in [-0.25, -0.2) is 0 Å². The van der Waals surface area contributed by atoms with E-state index in [4.69, 9.17) is 0 Å². The van der Waals surface area contributed by atoms with E-state index in [1.807, 2.05) is 18.9 Å². The van der Waals surface area contributed by atoms with E-state index in [0.29, 0.717) is 0 Å². The molecule has 1 heterocycles. The van der Waals surface area contributed by atoms with Crippen LogP contribution in [0.2, 0.25) is 0 Å². The lowest BCUT2D eigenvalue weighted by Gasteiger charge is -2.27. The number of hydrogen-bond acceptors (Lipinski definition) is 2. The molecule has 3 heteroatoms. The smallest absolute Gasteiger partial charge is 0.239 e. The molecule has 0 aliphatic carbocycles. The molecule has 0 bridgehead atoms. The molecule has 1 aliphatic rings. The lowest BCUT2D eigenvalue weighted by Crippen LogP contribution is -2.45. The summed E-state index contributed by atoms with van der Waals surface area (Å²) in [5.74, 6) is 0.200. The largest absolute Gasteiger partial charge is 0.337 e. The second-order valence-corrected chi connectivity index (χ2v) is 3.60. The van der Waals surface area contributed by atoms with Crippen molar-refractivity contribution in [3.63, 3.8) is 0 Å². The van der Waals surface area contributed by atoms with Crippen molar-refractivity contribution in [3.05, 3.63) is 11.6 Å². The number of hydrogen-bond donors (Lipinski definition) is 1. The van der Waals surface area contributed by atoms with Crippen LogP contribution in [-0.4, -0.2) is 37.0 Å². The minimum atomic E-state index is -0.0631. The van der Waals surface area contributed by atoms with Gasteiger partial charge in [0.1, 0.15) is 0 Å². The van der Waals surface area contributed by atoms with Crippen molar-refractivity contribution in [2.75, 3.05) is 20.1 Å². The van der Waals surface area contributed by atoms with E-state index >= 15 is 0 Å². The second kappa shape index (κ2) is 4.42. The van der Waals surface area contributed by atoms with E-state index in [-0.39, 0.29) is 11.9 Å². The topological polar surface area (TPSA) is 32.3 Å². The van der Waals surface area contributed by atoms with Crippen LogP contribution < -0.4 is 5.32 Å². The van der Waals surface area contributed by atoms with E-state index in [9.17, 15) is 4.79 Å². The third-order valence-electron chi connectivity index (χ3n) is 2.55. The lowest BCUT2D eigenvalue weighted by atomic mass is 10.1. The number of nitrogens with one attached hydrogen (secondary N) is 1. The Hall–Kier alpha value is -0.830. The Morgan fingerprint density at radius 1 is 1.69 bits per heavy atom. The first-order valence-electron chi connectivity index (χ1n) is 4.77. The fraction of sp³-hybridized carbons (Fsp3) is 0.700. The molecule has 3 nitrogen and oxygen atoms in total. The average molecular weight is 182 g/mol. The Balaban J connectivity index is 2.50. The fourth-order valence-corrected chi connectivity index (χ4v) is 1.37. The second-order valence-electron chi connectivity index (χ2n) is 3.60. The molecule has 0 saturated carbocycles. The zero-order valence-electron chi connectivity index (χ0n) is 8.63. The Kier molecular flexibility index (Phi) is 3.48. The first-order chi connectivity index (χ1) is 6.15. The van der Waals surface area contributed by atoms with Gasteiger partial charge in [-0.05, 0) is 27.3 Å². The summed E-state index contributed by atoms with van der Waals surface area (Å²) in [6.45, 7) is 5.65. The summed E-state index contributed by atoms with van der Waals surface area (Å²) in [6.07, 6.45) is 3.14. The summed E-state index contributed by atoms with van der Waals surface area (Å²) < 4.78 is 0. The summed E-state index contributed by atoms with van der Waals surface area (Å²) in [7, 11) is 1.81. The van der Waals surface area contributed by atoms with Gasteiger partial charge in [-0.2, -0.15) is 0 Å². The molecule has 13 heavy (non-hydrogen) atoms. The Bertz CT molecular complexity index is 223. The molecule has 1 amide bonds.